The number of ether oxygens (including phenoxy) is 1. The second-order valence-corrected chi connectivity index (χ2v) is 4.42. The lowest BCUT2D eigenvalue weighted by atomic mass is 10.2. The summed E-state index contributed by atoms with van der Waals surface area (Å²) in [5, 5.41) is 15.8. The van der Waals surface area contributed by atoms with E-state index in [9.17, 15) is 5.11 Å². The Bertz CT molecular complexity index is 303. The van der Waals surface area contributed by atoms with Crippen LogP contribution in [0.25, 0.3) is 0 Å². The summed E-state index contributed by atoms with van der Waals surface area (Å²) in [5.74, 6) is 0. The van der Waals surface area contributed by atoms with E-state index in [0.717, 1.165) is 10.7 Å². The Kier molecular flexibility index (Phi) is 3.12. The Hall–Kier alpha value is -0.490. The van der Waals surface area contributed by atoms with E-state index in [2.05, 4.69) is 10.3 Å². The van der Waals surface area contributed by atoms with E-state index in [1.165, 1.54) is 0 Å². The lowest BCUT2D eigenvalue weighted by Crippen LogP contribution is -2.38. The van der Waals surface area contributed by atoms with Gasteiger partial charge >= 0.3 is 0 Å². The molecule has 5 heteroatoms. The zero-order chi connectivity index (χ0) is 9.97. The van der Waals surface area contributed by atoms with Gasteiger partial charge in [0.25, 0.3) is 0 Å². The maximum Gasteiger partial charge on any atom is 0.107 e. The van der Waals surface area contributed by atoms with Crippen molar-refractivity contribution >= 4 is 11.3 Å². The topological polar surface area (TPSA) is 54.4 Å². The van der Waals surface area contributed by atoms with Crippen molar-refractivity contribution in [2.24, 2.45) is 0 Å². The van der Waals surface area contributed by atoms with Crippen LogP contribution in [0, 0.1) is 6.92 Å². The van der Waals surface area contributed by atoms with Crippen molar-refractivity contribution < 1.29 is 9.84 Å². The van der Waals surface area contributed by atoms with Crippen molar-refractivity contribution in [3.63, 3.8) is 0 Å². The summed E-state index contributed by atoms with van der Waals surface area (Å²) < 4.78 is 5.13. The zero-order valence-electron chi connectivity index (χ0n) is 8.06. The monoisotopic (exact) mass is 214 g/mol. The first kappa shape index (κ1) is 10.0. The Morgan fingerprint density at radius 2 is 2.57 bits per heavy atom. The second kappa shape index (κ2) is 4.35. The number of hydrogen-bond acceptors (Lipinski definition) is 5. The van der Waals surface area contributed by atoms with Crippen LogP contribution in [0.3, 0.4) is 0 Å². The fourth-order valence-electron chi connectivity index (χ4n) is 1.44. The fraction of sp³-hybridized carbons (Fsp3) is 0.667. The van der Waals surface area contributed by atoms with Crippen LogP contribution < -0.4 is 5.32 Å². The van der Waals surface area contributed by atoms with Gasteiger partial charge in [0.15, 0.2) is 0 Å². The molecule has 0 saturated carbocycles. The third-order valence-electron chi connectivity index (χ3n) is 2.23. The SMILES string of the molecule is Cc1csc(CNC2COCC2O)n1. The maximum atomic E-state index is 9.47. The molecule has 2 atom stereocenters. The lowest BCUT2D eigenvalue weighted by Gasteiger charge is -2.12. The first-order chi connectivity index (χ1) is 6.75. The van der Waals surface area contributed by atoms with Crippen molar-refractivity contribution in [1.29, 1.82) is 0 Å². The van der Waals surface area contributed by atoms with Gasteiger partial charge in [-0.2, -0.15) is 0 Å². The quantitative estimate of drug-likeness (QED) is 0.760. The van der Waals surface area contributed by atoms with E-state index < -0.39 is 0 Å². The van der Waals surface area contributed by atoms with Crippen molar-refractivity contribution in [3.8, 4) is 0 Å². The molecule has 0 aliphatic carbocycles. The molecule has 2 heterocycles. The van der Waals surface area contributed by atoms with Crippen molar-refractivity contribution in [2.45, 2.75) is 25.6 Å². The third kappa shape index (κ3) is 2.30. The summed E-state index contributed by atoms with van der Waals surface area (Å²) >= 11 is 1.64. The van der Waals surface area contributed by atoms with Gasteiger partial charge in [-0.1, -0.05) is 0 Å². The van der Waals surface area contributed by atoms with Gasteiger partial charge in [0, 0.05) is 17.6 Å². The largest absolute Gasteiger partial charge is 0.389 e. The molecule has 1 saturated heterocycles. The van der Waals surface area contributed by atoms with E-state index in [-0.39, 0.29) is 12.1 Å². The summed E-state index contributed by atoms with van der Waals surface area (Å²) in [5.41, 5.74) is 1.05. The van der Waals surface area contributed by atoms with Gasteiger partial charge < -0.3 is 15.2 Å². The first-order valence-corrected chi connectivity index (χ1v) is 5.54. The summed E-state index contributed by atoms with van der Waals surface area (Å²) in [6.07, 6.45) is -0.379. The summed E-state index contributed by atoms with van der Waals surface area (Å²) in [6, 6.07) is 0.0548. The molecule has 0 radical (unpaired) electrons. The Morgan fingerprint density at radius 1 is 1.71 bits per heavy atom. The number of rotatable bonds is 3. The first-order valence-electron chi connectivity index (χ1n) is 4.66. The molecule has 2 rings (SSSR count). The molecule has 1 aliphatic heterocycles. The van der Waals surface area contributed by atoms with Crippen LogP contribution >= 0.6 is 11.3 Å². The van der Waals surface area contributed by atoms with E-state index in [4.69, 9.17) is 4.74 Å². The molecular weight excluding hydrogens is 200 g/mol. The van der Waals surface area contributed by atoms with Crippen molar-refractivity contribution in [3.05, 3.63) is 16.1 Å². The number of nitrogens with zero attached hydrogens (tertiary/aromatic N) is 1. The predicted octanol–water partition coefficient (Wildman–Crippen LogP) is 0.301. The minimum Gasteiger partial charge on any atom is -0.389 e. The van der Waals surface area contributed by atoms with E-state index in [1.807, 2.05) is 12.3 Å². The molecule has 0 aromatic carbocycles. The highest BCUT2D eigenvalue weighted by atomic mass is 32.1. The van der Waals surface area contributed by atoms with Crippen LogP contribution in [-0.4, -0.2) is 35.5 Å². The normalized spacial score (nSPS) is 27.0. The minimum atomic E-state index is -0.379. The number of hydrogen-bond donors (Lipinski definition) is 2. The average molecular weight is 214 g/mol. The van der Waals surface area contributed by atoms with Crippen molar-refractivity contribution in [2.75, 3.05) is 13.2 Å². The Morgan fingerprint density at radius 3 is 3.14 bits per heavy atom. The molecule has 0 amide bonds. The molecule has 1 aliphatic rings. The zero-order valence-corrected chi connectivity index (χ0v) is 8.88. The standard InChI is InChI=1S/C9H14N2O2S/c1-6-5-14-9(11-6)2-10-7-3-13-4-8(7)12/h5,7-8,10,12H,2-4H2,1H3. The smallest absolute Gasteiger partial charge is 0.107 e. The Labute approximate surface area is 86.9 Å². The van der Waals surface area contributed by atoms with Gasteiger partial charge in [0.2, 0.25) is 0 Å². The number of thiazole rings is 1. The van der Waals surface area contributed by atoms with Gasteiger partial charge in [0.05, 0.1) is 25.4 Å². The summed E-state index contributed by atoms with van der Waals surface area (Å²) in [4.78, 5) is 4.33. The van der Waals surface area contributed by atoms with Crippen molar-refractivity contribution in [1.82, 2.24) is 10.3 Å². The van der Waals surface area contributed by atoms with Gasteiger partial charge in [0.1, 0.15) is 5.01 Å². The summed E-state index contributed by atoms with van der Waals surface area (Å²) in [7, 11) is 0. The number of aromatic nitrogens is 1. The van der Waals surface area contributed by atoms with Gasteiger partial charge in [-0.25, -0.2) is 4.98 Å². The minimum absolute atomic E-state index is 0.0548. The molecular formula is C9H14N2O2S. The molecule has 4 nitrogen and oxygen atoms in total. The molecule has 2 unspecified atom stereocenters. The molecule has 1 aromatic rings. The molecule has 2 N–H and O–H groups in total. The maximum absolute atomic E-state index is 9.47. The van der Waals surface area contributed by atoms with Crippen LogP contribution in [-0.2, 0) is 11.3 Å². The number of nitrogens with one attached hydrogen (secondary N) is 1. The lowest BCUT2D eigenvalue weighted by molar-refractivity contribution is 0.122. The fourth-order valence-corrected chi connectivity index (χ4v) is 2.16. The molecule has 0 spiro atoms. The molecule has 78 valence electrons. The number of aliphatic hydroxyl groups excluding tert-OH is 1. The average Bonchev–Trinajstić information content (AvgIpc) is 2.72. The molecule has 0 bridgehead atoms. The number of aryl methyl sites for hydroxylation is 1. The molecule has 1 fully saturated rings. The predicted molar refractivity (Wildman–Crippen MR) is 54.3 cm³/mol. The van der Waals surface area contributed by atoms with Crippen LogP contribution in [0.15, 0.2) is 5.38 Å². The van der Waals surface area contributed by atoms with E-state index >= 15 is 0 Å². The molecule has 1 aromatic heterocycles. The van der Waals surface area contributed by atoms with Crippen LogP contribution in [0.5, 0.6) is 0 Å². The summed E-state index contributed by atoms with van der Waals surface area (Å²) in [6.45, 7) is 3.72. The Balaban J connectivity index is 1.82. The highest BCUT2D eigenvalue weighted by molar-refractivity contribution is 7.09. The van der Waals surface area contributed by atoms with Crippen LogP contribution in [0.2, 0.25) is 0 Å². The van der Waals surface area contributed by atoms with Gasteiger partial charge in [-0.05, 0) is 6.92 Å². The van der Waals surface area contributed by atoms with Gasteiger partial charge in [-0.15, -0.1) is 11.3 Å². The molecule has 14 heavy (non-hydrogen) atoms. The highest BCUT2D eigenvalue weighted by Crippen LogP contribution is 2.10. The van der Waals surface area contributed by atoms with Crippen LogP contribution in [0.1, 0.15) is 10.7 Å². The van der Waals surface area contributed by atoms with Gasteiger partial charge in [-0.3, -0.25) is 0 Å². The second-order valence-electron chi connectivity index (χ2n) is 3.47. The highest BCUT2D eigenvalue weighted by Gasteiger charge is 2.25. The van der Waals surface area contributed by atoms with E-state index in [0.29, 0.717) is 19.8 Å². The van der Waals surface area contributed by atoms with Crippen LogP contribution in [0.4, 0.5) is 0 Å². The third-order valence-corrected chi connectivity index (χ3v) is 3.20. The van der Waals surface area contributed by atoms with E-state index in [1.54, 1.807) is 11.3 Å². The number of aliphatic hydroxyl groups is 1.